The number of carbonyl (C=O) groups excluding carboxylic acids is 1. The summed E-state index contributed by atoms with van der Waals surface area (Å²) in [6.45, 7) is 3.97. The summed E-state index contributed by atoms with van der Waals surface area (Å²) in [5.74, 6) is 5.21. The van der Waals surface area contributed by atoms with E-state index in [1.807, 2.05) is 92.7 Å². The smallest absolute Gasteiger partial charge is 0.213 e. The Labute approximate surface area is 160 Å². The first kappa shape index (κ1) is 18.9. The Balaban J connectivity index is 1.96. The molecule has 0 N–H and O–H groups in total. The van der Waals surface area contributed by atoms with E-state index in [9.17, 15) is 9.36 Å². The van der Waals surface area contributed by atoms with Gasteiger partial charge in [0.1, 0.15) is 0 Å². The Morgan fingerprint density at radius 3 is 1.74 bits per heavy atom. The van der Waals surface area contributed by atoms with Gasteiger partial charge in [0.05, 0.1) is 6.16 Å². The summed E-state index contributed by atoms with van der Waals surface area (Å²) in [5, 5.41) is 1.37. The maximum absolute atomic E-state index is 14.0. The third-order valence-corrected chi connectivity index (χ3v) is 7.39. The van der Waals surface area contributed by atoms with E-state index in [4.69, 9.17) is 0 Å². The third kappa shape index (κ3) is 4.64. The van der Waals surface area contributed by atoms with Gasteiger partial charge >= 0.3 is 0 Å². The highest BCUT2D eigenvalue weighted by Gasteiger charge is 2.29. The van der Waals surface area contributed by atoms with Crippen molar-refractivity contribution in [2.45, 2.75) is 13.8 Å². The van der Waals surface area contributed by atoms with Gasteiger partial charge in [-0.3, -0.25) is 4.79 Å². The van der Waals surface area contributed by atoms with E-state index < -0.39 is 7.14 Å². The van der Waals surface area contributed by atoms with E-state index in [-0.39, 0.29) is 11.9 Å². The Bertz CT molecular complexity index is 988. The van der Waals surface area contributed by atoms with Gasteiger partial charge in [0.2, 0.25) is 5.78 Å². The quantitative estimate of drug-likeness (QED) is 0.507. The molecule has 0 aromatic heterocycles. The topological polar surface area (TPSA) is 34.1 Å². The van der Waals surface area contributed by atoms with Crippen LogP contribution in [0.3, 0.4) is 0 Å². The maximum atomic E-state index is 14.0. The van der Waals surface area contributed by atoms with Crippen LogP contribution in [0.15, 0.2) is 78.9 Å². The van der Waals surface area contributed by atoms with Crippen molar-refractivity contribution in [3.8, 4) is 11.8 Å². The molecule has 3 rings (SSSR count). The highest BCUT2D eigenvalue weighted by atomic mass is 31.2. The summed E-state index contributed by atoms with van der Waals surface area (Å²) in [4.78, 5) is 12.6. The summed E-state index contributed by atoms with van der Waals surface area (Å²) >= 11 is 0. The summed E-state index contributed by atoms with van der Waals surface area (Å²) in [5.41, 5.74) is 2.94. The number of hydrogen-bond donors (Lipinski definition) is 0. The monoisotopic (exact) mass is 372 g/mol. The second-order valence-electron chi connectivity index (χ2n) is 6.61. The van der Waals surface area contributed by atoms with E-state index in [0.717, 1.165) is 16.7 Å². The molecular weight excluding hydrogens is 351 g/mol. The van der Waals surface area contributed by atoms with Crippen LogP contribution in [0.1, 0.15) is 16.7 Å². The minimum Gasteiger partial charge on any atom is -0.313 e. The third-order valence-electron chi connectivity index (χ3n) is 4.39. The second-order valence-corrected chi connectivity index (χ2v) is 9.44. The van der Waals surface area contributed by atoms with Crippen molar-refractivity contribution < 1.29 is 9.36 Å². The molecule has 0 aliphatic rings. The van der Waals surface area contributed by atoms with Crippen molar-refractivity contribution in [3.05, 3.63) is 95.6 Å². The van der Waals surface area contributed by atoms with Crippen LogP contribution in [-0.4, -0.2) is 11.9 Å². The van der Waals surface area contributed by atoms with Gasteiger partial charge in [-0.2, -0.15) is 0 Å². The molecule has 0 aliphatic carbocycles. The highest BCUT2D eigenvalue weighted by molar-refractivity contribution is 7.79. The molecule has 0 fully saturated rings. The minimum atomic E-state index is -3.09. The van der Waals surface area contributed by atoms with Gasteiger partial charge in [-0.1, -0.05) is 83.8 Å². The second kappa shape index (κ2) is 8.21. The first-order valence-corrected chi connectivity index (χ1v) is 10.7. The molecule has 0 bridgehead atoms. The van der Waals surface area contributed by atoms with E-state index in [1.165, 1.54) is 0 Å². The fourth-order valence-corrected chi connectivity index (χ4v) is 5.22. The van der Waals surface area contributed by atoms with Gasteiger partial charge in [-0.15, -0.1) is 0 Å². The van der Waals surface area contributed by atoms with E-state index in [0.29, 0.717) is 10.6 Å². The number of rotatable bonds is 4. The average molecular weight is 372 g/mol. The van der Waals surface area contributed by atoms with Crippen LogP contribution in [0.25, 0.3) is 0 Å². The molecule has 0 spiro atoms. The lowest BCUT2D eigenvalue weighted by atomic mass is 10.2. The number of carbonyl (C=O) groups is 1. The van der Waals surface area contributed by atoms with Crippen LogP contribution in [0.5, 0.6) is 0 Å². The van der Waals surface area contributed by atoms with Crippen molar-refractivity contribution in [1.82, 2.24) is 0 Å². The van der Waals surface area contributed by atoms with Crippen molar-refractivity contribution in [1.29, 1.82) is 0 Å². The van der Waals surface area contributed by atoms with Gasteiger partial charge < -0.3 is 4.57 Å². The van der Waals surface area contributed by atoms with E-state index in [2.05, 4.69) is 11.8 Å². The van der Waals surface area contributed by atoms with Crippen LogP contribution in [0.2, 0.25) is 0 Å². The summed E-state index contributed by atoms with van der Waals surface area (Å²) in [6, 6.07) is 24.5. The molecule has 0 aliphatic heterocycles. The molecule has 2 nitrogen and oxygen atoms in total. The molecule has 27 heavy (non-hydrogen) atoms. The van der Waals surface area contributed by atoms with Crippen molar-refractivity contribution >= 4 is 23.5 Å². The molecule has 3 aromatic carbocycles. The molecule has 0 amide bonds. The zero-order valence-electron chi connectivity index (χ0n) is 15.5. The Hall–Kier alpha value is -2.88. The first-order valence-electron chi connectivity index (χ1n) is 8.81. The van der Waals surface area contributed by atoms with Crippen molar-refractivity contribution in [2.75, 3.05) is 6.16 Å². The Kier molecular flexibility index (Phi) is 5.75. The predicted octanol–water partition coefficient (Wildman–Crippen LogP) is 4.24. The van der Waals surface area contributed by atoms with Gasteiger partial charge in [0.25, 0.3) is 0 Å². The van der Waals surface area contributed by atoms with Gasteiger partial charge in [-0.25, -0.2) is 0 Å². The van der Waals surface area contributed by atoms with Crippen LogP contribution in [-0.2, 0) is 9.36 Å². The lowest BCUT2D eigenvalue weighted by Gasteiger charge is -2.18. The highest BCUT2D eigenvalue weighted by Crippen LogP contribution is 2.43. The largest absolute Gasteiger partial charge is 0.313 e. The Morgan fingerprint density at radius 1 is 0.778 bits per heavy atom. The van der Waals surface area contributed by atoms with E-state index in [1.54, 1.807) is 0 Å². The van der Waals surface area contributed by atoms with Crippen molar-refractivity contribution in [2.24, 2.45) is 0 Å². The van der Waals surface area contributed by atoms with Crippen LogP contribution in [0, 0.1) is 25.7 Å². The lowest BCUT2D eigenvalue weighted by molar-refractivity contribution is -0.111. The van der Waals surface area contributed by atoms with Gasteiger partial charge in [-0.05, 0) is 31.9 Å². The standard InChI is InChI=1S/C24H21O2P/c1-19-8-14-23(15-9-19)27(26,24-16-10-20(2)11-17-24)18-22(25)13-12-21-6-4-3-5-7-21/h3-11,14-17H,18H2,1-2H3. The fraction of sp³-hybridized carbons (Fsp3) is 0.125. The number of benzene rings is 3. The lowest BCUT2D eigenvalue weighted by Crippen LogP contribution is -2.22. The zero-order valence-corrected chi connectivity index (χ0v) is 16.4. The minimum absolute atomic E-state index is 0.0983. The molecule has 134 valence electrons. The van der Waals surface area contributed by atoms with Crippen LogP contribution >= 0.6 is 7.14 Å². The Morgan fingerprint density at radius 2 is 1.26 bits per heavy atom. The molecule has 0 saturated carbocycles. The summed E-state index contributed by atoms with van der Waals surface area (Å²) in [7, 11) is -3.09. The molecule has 3 aromatic rings. The fourth-order valence-electron chi connectivity index (χ4n) is 2.81. The van der Waals surface area contributed by atoms with Crippen molar-refractivity contribution in [3.63, 3.8) is 0 Å². The predicted molar refractivity (Wildman–Crippen MR) is 112 cm³/mol. The van der Waals surface area contributed by atoms with E-state index >= 15 is 0 Å². The molecule has 0 saturated heterocycles. The molecule has 0 radical (unpaired) electrons. The zero-order chi connectivity index (χ0) is 19.3. The van der Waals surface area contributed by atoms with Crippen LogP contribution < -0.4 is 10.6 Å². The van der Waals surface area contributed by atoms with Gasteiger partial charge in [0, 0.05) is 16.2 Å². The number of ketones is 1. The van der Waals surface area contributed by atoms with Crippen LogP contribution in [0.4, 0.5) is 0 Å². The molecular formula is C24H21O2P. The number of Topliss-reactive ketones (excluding diaryl/α,β-unsaturated/α-hetero) is 1. The molecule has 0 unspecified atom stereocenters. The summed E-state index contributed by atoms with van der Waals surface area (Å²) < 4.78 is 14.0. The average Bonchev–Trinajstić information content (AvgIpc) is 2.68. The van der Waals surface area contributed by atoms with Gasteiger partial charge in [0.15, 0.2) is 7.14 Å². The maximum Gasteiger partial charge on any atom is 0.213 e. The number of aryl methyl sites for hydroxylation is 2. The molecule has 0 atom stereocenters. The molecule has 0 heterocycles. The molecule has 3 heteroatoms. The first-order chi connectivity index (χ1) is 13.0. The normalized spacial score (nSPS) is 10.7. The SMILES string of the molecule is Cc1ccc(P(=O)(CC(=O)C#Cc2ccccc2)c2ccc(C)cc2)cc1. The number of hydrogen-bond acceptors (Lipinski definition) is 2. The summed E-state index contributed by atoms with van der Waals surface area (Å²) in [6.07, 6.45) is -0.0983.